The van der Waals surface area contributed by atoms with Gasteiger partial charge in [0.25, 0.3) is 0 Å². The molecule has 3 N–H and O–H groups in total. The van der Waals surface area contributed by atoms with Gasteiger partial charge >= 0.3 is 0 Å². The summed E-state index contributed by atoms with van der Waals surface area (Å²) in [6, 6.07) is 4.84. The zero-order valence-electron chi connectivity index (χ0n) is 14.8. The van der Waals surface area contributed by atoms with Crippen LogP contribution in [0.2, 0.25) is 0 Å². The molecule has 0 aliphatic heterocycles. The van der Waals surface area contributed by atoms with Crippen LogP contribution in [0.4, 0.5) is 4.39 Å². The van der Waals surface area contributed by atoms with Crippen LogP contribution in [-0.4, -0.2) is 29.0 Å². The lowest BCUT2D eigenvalue weighted by Crippen LogP contribution is -2.38. The van der Waals surface area contributed by atoms with E-state index in [0.29, 0.717) is 6.54 Å². The highest BCUT2D eigenvalue weighted by Gasteiger charge is 2.05. The van der Waals surface area contributed by atoms with Gasteiger partial charge in [-0.15, -0.1) is 35.3 Å². The molecular formula is C18H23FIN5S. The minimum Gasteiger partial charge on any atom is -0.361 e. The van der Waals surface area contributed by atoms with Crippen molar-refractivity contribution in [3.05, 3.63) is 51.9 Å². The zero-order valence-corrected chi connectivity index (χ0v) is 18.0. The second kappa shape index (κ2) is 9.86. The summed E-state index contributed by atoms with van der Waals surface area (Å²) in [4.78, 5) is 13.2. The average Bonchev–Trinajstić information content (AvgIpc) is 3.18. The molecule has 1 aromatic carbocycles. The van der Waals surface area contributed by atoms with Gasteiger partial charge in [0.15, 0.2) is 5.96 Å². The third-order valence-electron chi connectivity index (χ3n) is 3.80. The molecule has 0 bridgehead atoms. The molecule has 3 rings (SSSR count). The summed E-state index contributed by atoms with van der Waals surface area (Å²) in [5.74, 6) is 0.555. The van der Waals surface area contributed by atoms with Crippen molar-refractivity contribution in [2.75, 3.05) is 13.1 Å². The molecule has 2 heterocycles. The normalized spacial score (nSPS) is 11.4. The van der Waals surface area contributed by atoms with Crippen molar-refractivity contribution in [2.24, 2.45) is 4.99 Å². The SMILES string of the molecule is CCNC(=NCc1ncc(C)s1)NCCc1c[nH]c2cc(F)ccc12.I. The molecule has 0 spiro atoms. The number of aromatic amines is 1. The van der Waals surface area contributed by atoms with Crippen LogP contribution in [0.5, 0.6) is 0 Å². The molecule has 0 amide bonds. The van der Waals surface area contributed by atoms with E-state index in [1.807, 2.05) is 32.3 Å². The molecule has 0 unspecified atom stereocenters. The molecule has 3 aromatic rings. The second-order valence-corrected chi connectivity index (χ2v) is 7.06. The van der Waals surface area contributed by atoms with Gasteiger partial charge in [-0.2, -0.15) is 0 Å². The molecule has 5 nitrogen and oxygen atoms in total. The summed E-state index contributed by atoms with van der Waals surface area (Å²) in [6.45, 7) is 6.20. The van der Waals surface area contributed by atoms with Crippen molar-refractivity contribution in [1.29, 1.82) is 0 Å². The van der Waals surface area contributed by atoms with Crippen molar-refractivity contribution < 1.29 is 4.39 Å². The number of nitrogens with one attached hydrogen (secondary N) is 3. The number of hydrogen-bond acceptors (Lipinski definition) is 3. The first kappa shape index (κ1) is 20.6. The molecule has 0 fully saturated rings. The summed E-state index contributed by atoms with van der Waals surface area (Å²) < 4.78 is 13.3. The Morgan fingerprint density at radius 1 is 1.35 bits per heavy atom. The molecule has 0 aliphatic carbocycles. The molecule has 0 atom stereocenters. The van der Waals surface area contributed by atoms with Gasteiger partial charge in [-0.3, -0.25) is 0 Å². The highest BCUT2D eigenvalue weighted by atomic mass is 127. The third-order valence-corrected chi connectivity index (χ3v) is 4.70. The summed E-state index contributed by atoms with van der Waals surface area (Å²) in [7, 11) is 0. The number of aliphatic imine (C=N–C) groups is 1. The number of nitrogens with zero attached hydrogens (tertiary/aromatic N) is 2. The number of hydrogen-bond donors (Lipinski definition) is 3. The van der Waals surface area contributed by atoms with Crippen LogP contribution in [0.3, 0.4) is 0 Å². The first-order chi connectivity index (χ1) is 12.2. The predicted molar refractivity (Wildman–Crippen MR) is 117 cm³/mol. The lowest BCUT2D eigenvalue weighted by atomic mass is 10.1. The summed E-state index contributed by atoms with van der Waals surface area (Å²) in [5.41, 5.74) is 1.99. The topological polar surface area (TPSA) is 65.1 Å². The summed E-state index contributed by atoms with van der Waals surface area (Å²) >= 11 is 1.66. The summed E-state index contributed by atoms with van der Waals surface area (Å²) in [5, 5.41) is 8.65. The first-order valence-electron chi connectivity index (χ1n) is 8.34. The summed E-state index contributed by atoms with van der Waals surface area (Å²) in [6.07, 6.45) is 4.64. The van der Waals surface area contributed by atoms with Crippen molar-refractivity contribution in [3.8, 4) is 0 Å². The number of H-pyrrole nitrogens is 1. The predicted octanol–water partition coefficient (Wildman–Crippen LogP) is 3.99. The highest BCUT2D eigenvalue weighted by Crippen LogP contribution is 2.19. The quantitative estimate of drug-likeness (QED) is 0.280. The van der Waals surface area contributed by atoms with Gasteiger partial charge in [-0.1, -0.05) is 0 Å². The molecule has 2 aromatic heterocycles. The van der Waals surface area contributed by atoms with E-state index >= 15 is 0 Å². The van der Waals surface area contributed by atoms with Crippen molar-refractivity contribution in [1.82, 2.24) is 20.6 Å². The number of halogens is 2. The fraction of sp³-hybridized carbons (Fsp3) is 0.333. The van der Waals surface area contributed by atoms with Crippen molar-refractivity contribution in [3.63, 3.8) is 0 Å². The zero-order chi connectivity index (χ0) is 17.6. The Labute approximate surface area is 173 Å². The fourth-order valence-electron chi connectivity index (χ4n) is 2.64. The van der Waals surface area contributed by atoms with Crippen molar-refractivity contribution in [2.45, 2.75) is 26.8 Å². The largest absolute Gasteiger partial charge is 0.361 e. The monoisotopic (exact) mass is 487 g/mol. The van der Waals surface area contributed by atoms with Crippen LogP contribution in [-0.2, 0) is 13.0 Å². The molecular weight excluding hydrogens is 464 g/mol. The van der Waals surface area contributed by atoms with E-state index in [1.165, 1.54) is 17.0 Å². The van der Waals surface area contributed by atoms with E-state index in [2.05, 4.69) is 25.6 Å². The number of guanidine groups is 1. The Kier molecular flexibility index (Phi) is 7.83. The van der Waals surface area contributed by atoms with Gasteiger partial charge in [0.1, 0.15) is 10.8 Å². The minimum absolute atomic E-state index is 0. The van der Waals surface area contributed by atoms with Gasteiger partial charge in [-0.25, -0.2) is 14.4 Å². The molecule has 26 heavy (non-hydrogen) atoms. The van der Waals surface area contributed by atoms with Crippen molar-refractivity contribution >= 4 is 52.2 Å². The van der Waals surface area contributed by atoms with Gasteiger partial charge in [-0.05, 0) is 44.0 Å². The molecule has 140 valence electrons. The van der Waals surface area contributed by atoms with E-state index in [1.54, 1.807) is 11.3 Å². The van der Waals surface area contributed by atoms with Crippen LogP contribution >= 0.6 is 35.3 Å². The third kappa shape index (κ3) is 5.41. The van der Waals surface area contributed by atoms with Crippen LogP contribution in [0, 0.1) is 12.7 Å². The Morgan fingerprint density at radius 3 is 2.92 bits per heavy atom. The van der Waals surface area contributed by atoms with Gasteiger partial charge in [0.2, 0.25) is 0 Å². The lowest BCUT2D eigenvalue weighted by molar-refractivity contribution is 0.629. The van der Waals surface area contributed by atoms with E-state index in [9.17, 15) is 4.39 Å². The molecule has 8 heteroatoms. The molecule has 0 saturated carbocycles. The lowest BCUT2D eigenvalue weighted by Gasteiger charge is -2.10. The number of aryl methyl sites for hydroxylation is 1. The number of aromatic nitrogens is 2. The van der Waals surface area contributed by atoms with Crippen LogP contribution in [0.1, 0.15) is 22.4 Å². The van der Waals surface area contributed by atoms with E-state index < -0.39 is 0 Å². The smallest absolute Gasteiger partial charge is 0.191 e. The average molecular weight is 487 g/mol. The molecule has 0 saturated heterocycles. The van der Waals surface area contributed by atoms with Crippen LogP contribution < -0.4 is 10.6 Å². The number of rotatable bonds is 6. The minimum atomic E-state index is -0.224. The number of fused-ring (bicyclic) bond motifs is 1. The van der Waals surface area contributed by atoms with Gasteiger partial charge in [0, 0.05) is 41.3 Å². The Balaban J connectivity index is 0.00000243. The Hall–Kier alpha value is -1.68. The maximum atomic E-state index is 13.3. The highest BCUT2D eigenvalue weighted by molar-refractivity contribution is 14.0. The van der Waals surface area contributed by atoms with E-state index in [-0.39, 0.29) is 29.8 Å². The maximum Gasteiger partial charge on any atom is 0.191 e. The van der Waals surface area contributed by atoms with Crippen LogP contribution in [0.25, 0.3) is 10.9 Å². The molecule has 0 aliphatic rings. The fourth-order valence-corrected chi connectivity index (χ4v) is 3.36. The van der Waals surface area contributed by atoms with Gasteiger partial charge < -0.3 is 15.6 Å². The Bertz CT molecular complexity index is 873. The van der Waals surface area contributed by atoms with Gasteiger partial charge in [0.05, 0.1) is 6.54 Å². The number of benzene rings is 1. The Morgan fingerprint density at radius 2 is 2.19 bits per heavy atom. The van der Waals surface area contributed by atoms with E-state index in [4.69, 9.17) is 0 Å². The number of thiazole rings is 1. The first-order valence-corrected chi connectivity index (χ1v) is 9.16. The second-order valence-electron chi connectivity index (χ2n) is 5.74. The standard InChI is InChI=1S/C18H22FN5S.HI/c1-3-20-18(24-11-17-23-9-12(2)25-17)21-7-6-13-10-22-16-8-14(19)4-5-15(13)16;/h4-5,8-10,22H,3,6-7,11H2,1-2H3,(H2,20,21,24);1H. The van der Waals surface area contributed by atoms with Crippen LogP contribution in [0.15, 0.2) is 35.6 Å². The van der Waals surface area contributed by atoms with E-state index in [0.717, 1.165) is 46.9 Å². The maximum absolute atomic E-state index is 13.3. The molecule has 0 radical (unpaired) electrons.